The van der Waals surface area contributed by atoms with Crippen molar-refractivity contribution in [3.05, 3.63) is 192 Å². The van der Waals surface area contributed by atoms with E-state index in [4.69, 9.17) is 9.41 Å². The molecule has 54 heavy (non-hydrogen) atoms. The van der Waals surface area contributed by atoms with E-state index >= 15 is 0 Å². The van der Waals surface area contributed by atoms with Gasteiger partial charge < -0.3 is 14.6 Å². The maximum absolute atomic E-state index is 6.48. The minimum atomic E-state index is -0.177. The van der Waals surface area contributed by atoms with E-state index in [-0.39, 0.29) is 11.5 Å². The third-order valence-corrected chi connectivity index (χ3v) is 12.4. The lowest BCUT2D eigenvalue weighted by Crippen LogP contribution is -2.32. The van der Waals surface area contributed by atoms with Gasteiger partial charge >= 0.3 is 0 Å². The summed E-state index contributed by atoms with van der Waals surface area (Å²) in [7, 11) is 0. The van der Waals surface area contributed by atoms with E-state index < -0.39 is 0 Å². The predicted octanol–water partition coefficient (Wildman–Crippen LogP) is 13.3. The number of hydrogen-bond acceptors (Lipinski definition) is 5. The number of nitrogens with zero attached hydrogens (tertiary/aromatic N) is 2. The molecule has 5 heteroatoms. The van der Waals surface area contributed by atoms with Crippen LogP contribution in [0.4, 0.5) is 22.7 Å². The first kappa shape index (κ1) is 31.1. The third kappa shape index (κ3) is 4.58. The lowest BCUT2D eigenvalue weighted by atomic mass is 9.81. The number of hydrogen-bond donors (Lipinski definition) is 1. The summed E-state index contributed by atoms with van der Waals surface area (Å²) >= 11 is 1.84. The van der Waals surface area contributed by atoms with Crippen molar-refractivity contribution in [1.29, 1.82) is 0 Å². The number of anilines is 3. The van der Waals surface area contributed by atoms with Crippen LogP contribution in [0.25, 0.3) is 42.3 Å². The summed E-state index contributed by atoms with van der Waals surface area (Å²) in [5, 5.41) is 7.26. The van der Waals surface area contributed by atoms with Crippen molar-refractivity contribution < 1.29 is 4.42 Å². The van der Waals surface area contributed by atoms with E-state index in [1.807, 2.05) is 23.5 Å². The second kappa shape index (κ2) is 11.8. The van der Waals surface area contributed by atoms with Crippen molar-refractivity contribution in [2.24, 2.45) is 4.99 Å². The molecule has 2 aliphatic rings. The maximum Gasteiger partial charge on any atom is 0.157 e. The molecule has 11 rings (SSSR count). The number of fused-ring (bicyclic) bond motifs is 9. The Morgan fingerprint density at radius 3 is 2.24 bits per heavy atom. The fraction of sp³-hybridized carbons (Fsp3) is 0.0816. The molecular formula is C49H35N3OS. The Morgan fingerprint density at radius 1 is 0.648 bits per heavy atom. The second-order valence-electron chi connectivity index (χ2n) is 14.8. The van der Waals surface area contributed by atoms with Gasteiger partial charge in [-0.3, -0.25) is 0 Å². The van der Waals surface area contributed by atoms with E-state index in [1.54, 1.807) is 0 Å². The van der Waals surface area contributed by atoms with Crippen molar-refractivity contribution in [2.45, 2.75) is 25.3 Å². The van der Waals surface area contributed by atoms with Crippen molar-refractivity contribution in [2.75, 3.05) is 4.90 Å². The second-order valence-corrected chi connectivity index (χ2v) is 15.8. The van der Waals surface area contributed by atoms with Gasteiger partial charge in [-0.05, 0) is 88.5 Å². The standard InChI is InChI=1S/C49H35N3OS/c1-49(2)37-22-11-9-19-33(37)34-21-13-24-39(44(34)49)52(32-17-7-4-8-18-32)38-23-14-26-42-43(38)36-29-31(27-28-41(36)54-42)48-50-45(30-15-5-3-6-16-30)47-46(51-48)35-20-10-12-25-40(35)53-47/h3-29,45H,1-2H3,(H,50,51). The van der Waals surface area contributed by atoms with Crippen LogP contribution in [0.5, 0.6) is 0 Å². The molecule has 0 saturated heterocycles. The Labute approximate surface area is 317 Å². The number of amidine groups is 1. The van der Waals surface area contributed by atoms with E-state index in [9.17, 15) is 0 Å². The molecule has 258 valence electrons. The summed E-state index contributed by atoms with van der Waals surface area (Å²) in [5.41, 5.74) is 12.6. The highest BCUT2D eigenvalue weighted by molar-refractivity contribution is 7.26. The molecule has 0 bridgehead atoms. The van der Waals surface area contributed by atoms with E-state index in [1.165, 1.54) is 48.1 Å². The number of rotatable bonds is 5. The molecule has 1 aliphatic carbocycles. The summed E-state index contributed by atoms with van der Waals surface area (Å²) < 4.78 is 8.97. The summed E-state index contributed by atoms with van der Waals surface area (Å²) in [6.07, 6.45) is 0. The van der Waals surface area contributed by atoms with Gasteiger partial charge in [0.15, 0.2) is 5.76 Å². The van der Waals surface area contributed by atoms with Crippen LogP contribution in [0.15, 0.2) is 173 Å². The molecule has 2 aromatic heterocycles. The Balaban J connectivity index is 1.13. The largest absolute Gasteiger partial charge is 0.456 e. The van der Waals surface area contributed by atoms with Crippen LogP contribution < -0.4 is 10.2 Å². The van der Waals surface area contributed by atoms with Crippen LogP contribution in [-0.2, 0) is 5.41 Å². The highest BCUT2D eigenvalue weighted by Gasteiger charge is 2.39. The van der Waals surface area contributed by atoms with Crippen molar-refractivity contribution in [3.63, 3.8) is 0 Å². The molecule has 7 aromatic carbocycles. The normalized spacial score (nSPS) is 15.4. The number of para-hydroxylation sites is 2. The quantitative estimate of drug-likeness (QED) is 0.193. The first-order valence-corrected chi connectivity index (χ1v) is 19.3. The van der Waals surface area contributed by atoms with Crippen LogP contribution >= 0.6 is 11.3 Å². The van der Waals surface area contributed by atoms with E-state index in [2.05, 4.69) is 176 Å². The van der Waals surface area contributed by atoms with Crippen LogP contribution in [-0.4, -0.2) is 5.84 Å². The van der Waals surface area contributed by atoms with Crippen LogP contribution in [0.2, 0.25) is 0 Å². The van der Waals surface area contributed by atoms with Gasteiger partial charge in [0.05, 0.1) is 11.4 Å². The van der Waals surface area contributed by atoms with Crippen LogP contribution in [0.3, 0.4) is 0 Å². The Hall–Kier alpha value is -6.43. The molecule has 0 spiro atoms. The average Bonchev–Trinajstić information content (AvgIpc) is 3.86. The summed E-state index contributed by atoms with van der Waals surface area (Å²) in [6, 6.07) is 58.6. The molecule has 0 amide bonds. The Morgan fingerprint density at radius 2 is 1.37 bits per heavy atom. The molecule has 0 fully saturated rings. The predicted molar refractivity (Wildman–Crippen MR) is 225 cm³/mol. The first-order chi connectivity index (χ1) is 26.5. The lowest BCUT2D eigenvalue weighted by Gasteiger charge is -2.32. The number of nitrogens with one attached hydrogen (secondary N) is 1. The Bertz CT molecular complexity index is 2960. The highest BCUT2D eigenvalue weighted by Crippen LogP contribution is 2.55. The summed E-state index contributed by atoms with van der Waals surface area (Å²) in [4.78, 5) is 7.77. The number of benzene rings is 7. The van der Waals surface area contributed by atoms with Crippen molar-refractivity contribution in [1.82, 2.24) is 5.32 Å². The SMILES string of the molecule is CC1(C)c2ccccc2-c2cccc(N(c3ccccc3)c3cccc4sc5ccc(C6=Nc7c(oc8ccccc78)C(c7ccccc7)N6)cc5c34)c21. The zero-order valence-corrected chi connectivity index (χ0v) is 30.7. The van der Waals surface area contributed by atoms with Crippen molar-refractivity contribution in [3.8, 4) is 11.1 Å². The number of furan rings is 1. The molecular weight excluding hydrogens is 679 g/mol. The zero-order valence-electron chi connectivity index (χ0n) is 29.9. The van der Waals surface area contributed by atoms with Crippen LogP contribution in [0.1, 0.15) is 47.9 Å². The van der Waals surface area contributed by atoms with E-state index in [0.29, 0.717) is 0 Å². The average molecular weight is 714 g/mol. The van der Waals surface area contributed by atoms with Crippen LogP contribution in [0, 0.1) is 0 Å². The minimum Gasteiger partial charge on any atom is -0.456 e. The molecule has 1 atom stereocenters. The lowest BCUT2D eigenvalue weighted by molar-refractivity contribution is 0.504. The van der Waals surface area contributed by atoms with Gasteiger partial charge in [-0.1, -0.05) is 117 Å². The van der Waals surface area contributed by atoms with Gasteiger partial charge in [0.1, 0.15) is 23.1 Å². The van der Waals surface area contributed by atoms with Gasteiger partial charge in [-0.15, -0.1) is 11.3 Å². The minimum absolute atomic E-state index is 0.173. The molecule has 1 unspecified atom stereocenters. The zero-order chi connectivity index (χ0) is 36.0. The van der Waals surface area contributed by atoms with Gasteiger partial charge in [0, 0.05) is 42.2 Å². The number of aliphatic imine (C=N–C) groups is 1. The third-order valence-electron chi connectivity index (χ3n) is 11.3. The molecule has 4 nitrogen and oxygen atoms in total. The van der Waals surface area contributed by atoms with Gasteiger partial charge in [0.2, 0.25) is 0 Å². The maximum atomic E-state index is 6.48. The molecule has 1 N–H and O–H groups in total. The Kier molecular flexibility index (Phi) is 6.80. The van der Waals surface area contributed by atoms with Gasteiger partial charge in [-0.2, -0.15) is 0 Å². The van der Waals surface area contributed by atoms with Gasteiger partial charge in [0.25, 0.3) is 0 Å². The fourth-order valence-corrected chi connectivity index (χ4v) is 9.98. The van der Waals surface area contributed by atoms with Crippen molar-refractivity contribution >= 4 is 71.1 Å². The molecule has 3 heterocycles. The molecule has 1 aliphatic heterocycles. The summed E-state index contributed by atoms with van der Waals surface area (Å²) in [5.74, 6) is 1.68. The van der Waals surface area contributed by atoms with E-state index in [0.717, 1.165) is 50.8 Å². The topological polar surface area (TPSA) is 40.8 Å². The highest BCUT2D eigenvalue weighted by atomic mass is 32.1. The first-order valence-electron chi connectivity index (χ1n) is 18.5. The van der Waals surface area contributed by atoms with Gasteiger partial charge in [-0.25, -0.2) is 4.99 Å². The summed E-state index contributed by atoms with van der Waals surface area (Å²) in [6.45, 7) is 4.73. The fourth-order valence-electron chi connectivity index (χ4n) is 8.87. The molecule has 0 saturated carbocycles. The smallest absolute Gasteiger partial charge is 0.157 e. The number of thiophene rings is 1. The monoisotopic (exact) mass is 713 g/mol. The molecule has 0 radical (unpaired) electrons. The molecule has 9 aromatic rings.